The molecule has 3 heterocycles. The summed E-state index contributed by atoms with van der Waals surface area (Å²) >= 11 is 0. The molecule has 7 rings (SSSR count). The number of hydrogen-bond donors (Lipinski definition) is 0. The smallest absolute Gasteiger partial charge is 0.261 e. The Morgan fingerprint density at radius 2 is 0.854 bits per heavy atom. The molecule has 5 nitrogen and oxygen atoms in total. The van der Waals surface area contributed by atoms with Gasteiger partial charge in [-0.2, -0.15) is 0 Å². The molecule has 41 heavy (non-hydrogen) atoms. The van der Waals surface area contributed by atoms with Crippen molar-refractivity contribution in [3.8, 4) is 0 Å². The predicted octanol–water partition coefficient (Wildman–Crippen LogP) is 7.76. The fraction of sp³-hybridized carbons (Fsp3) is 0.314. The Labute approximate surface area is 244 Å². The molecule has 0 aliphatic carbocycles. The summed E-state index contributed by atoms with van der Waals surface area (Å²) in [7, 11) is -1.55. The minimum atomic E-state index is -1.55. The number of fused-ring (bicyclic) bond motifs is 1. The number of ether oxygens (including phenoxy) is 2. The predicted molar refractivity (Wildman–Crippen MR) is 161 cm³/mol. The molecule has 0 N–H and O–H groups in total. The van der Waals surface area contributed by atoms with E-state index >= 15 is 0 Å². The van der Waals surface area contributed by atoms with E-state index in [1.807, 2.05) is 38.1 Å². The van der Waals surface area contributed by atoms with E-state index in [-0.39, 0.29) is 0 Å². The summed E-state index contributed by atoms with van der Waals surface area (Å²) in [5, 5.41) is 0. The van der Waals surface area contributed by atoms with Gasteiger partial charge in [-0.05, 0) is 48.9 Å². The van der Waals surface area contributed by atoms with Gasteiger partial charge < -0.3 is 18.5 Å². The van der Waals surface area contributed by atoms with Crippen LogP contribution in [0.25, 0.3) is 0 Å². The lowest BCUT2D eigenvalue weighted by Crippen LogP contribution is -2.53. The summed E-state index contributed by atoms with van der Waals surface area (Å²) in [4.78, 5) is 0. The van der Waals surface area contributed by atoms with E-state index < -0.39 is 37.7 Å². The Morgan fingerprint density at radius 3 is 1.17 bits per heavy atom. The van der Waals surface area contributed by atoms with Crippen molar-refractivity contribution in [3.05, 3.63) is 144 Å². The van der Waals surface area contributed by atoms with Crippen LogP contribution in [-0.2, 0) is 29.7 Å². The number of hydrogen-bond acceptors (Lipinski definition) is 5. The maximum Gasteiger partial charge on any atom is 0.261 e. The summed E-state index contributed by atoms with van der Waals surface area (Å²) < 4.78 is 31.5. The minimum Gasteiger partial charge on any atom is -0.341 e. The molecule has 6 heteroatoms. The molecular weight excluding hydrogens is 529 g/mol. The monoisotopic (exact) mass is 565 g/mol. The second-order valence-corrected chi connectivity index (χ2v) is 12.9. The third-order valence-corrected chi connectivity index (χ3v) is 10.2. The first kappa shape index (κ1) is 27.0. The zero-order valence-corrected chi connectivity index (χ0v) is 24.5. The fourth-order valence-electron chi connectivity index (χ4n) is 6.65. The van der Waals surface area contributed by atoms with Crippen molar-refractivity contribution in [1.29, 1.82) is 0 Å². The first-order chi connectivity index (χ1) is 20.0. The van der Waals surface area contributed by atoms with E-state index in [1.165, 1.54) is 0 Å². The topological polar surface area (TPSA) is 40.2 Å². The molecule has 0 bridgehead atoms. The van der Waals surface area contributed by atoms with E-state index in [0.29, 0.717) is 0 Å². The normalized spacial score (nSPS) is 26.7. The number of benzene rings is 4. The number of rotatable bonds is 5. The molecular formula is C35H36NO4P. The van der Waals surface area contributed by atoms with Gasteiger partial charge in [0.2, 0.25) is 0 Å². The molecule has 4 aromatic carbocycles. The van der Waals surface area contributed by atoms with Gasteiger partial charge in [0.05, 0.1) is 0 Å². The van der Waals surface area contributed by atoms with Crippen molar-refractivity contribution in [2.45, 2.75) is 55.9 Å². The first-order valence-electron chi connectivity index (χ1n) is 14.5. The lowest BCUT2D eigenvalue weighted by molar-refractivity contribution is -0.175. The van der Waals surface area contributed by atoms with E-state index in [0.717, 1.165) is 48.2 Å². The SMILES string of the molecule is CC1(C)OC2C(O1)C(c1ccccc1)(c1ccccc1)OP(N1CCCC1)OC2(c1ccccc1)c1ccccc1. The molecule has 3 aliphatic heterocycles. The molecule has 0 amide bonds. The van der Waals surface area contributed by atoms with Crippen molar-refractivity contribution in [2.75, 3.05) is 13.1 Å². The van der Waals surface area contributed by atoms with Crippen LogP contribution in [0, 0.1) is 0 Å². The van der Waals surface area contributed by atoms with Crippen LogP contribution in [0.3, 0.4) is 0 Å². The van der Waals surface area contributed by atoms with Crippen molar-refractivity contribution in [3.63, 3.8) is 0 Å². The Morgan fingerprint density at radius 1 is 0.537 bits per heavy atom. The van der Waals surface area contributed by atoms with E-state index in [9.17, 15) is 0 Å². The first-order valence-corrected chi connectivity index (χ1v) is 15.7. The molecule has 210 valence electrons. The van der Waals surface area contributed by atoms with Gasteiger partial charge in [-0.15, -0.1) is 0 Å². The lowest BCUT2D eigenvalue weighted by atomic mass is 9.72. The summed E-state index contributed by atoms with van der Waals surface area (Å²) in [5.41, 5.74) is 2.12. The summed E-state index contributed by atoms with van der Waals surface area (Å²) in [5.74, 6) is -0.876. The molecule has 0 aromatic heterocycles. The van der Waals surface area contributed by atoms with Crippen molar-refractivity contribution in [1.82, 2.24) is 4.67 Å². The highest BCUT2D eigenvalue weighted by molar-refractivity contribution is 7.44. The van der Waals surface area contributed by atoms with Gasteiger partial charge in [-0.1, -0.05) is 121 Å². The molecule has 2 unspecified atom stereocenters. The standard InChI is InChI=1S/C35H36NO4P/c1-33(2)37-31-32(38-33)35(29-21-11-5-12-22-29,30-23-13-6-14-24-30)40-41(36-25-15-16-26-36)39-34(31,27-17-7-3-8-18-27)28-19-9-4-10-20-28/h3-14,17-24,31-32H,15-16,25-26H2,1-2H3. The van der Waals surface area contributed by atoms with Gasteiger partial charge in [0.1, 0.15) is 12.2 Å². The van der Waals surface area contributed by atoms with Gasteiger partial charge in [0.15, 0.2) is 17.0 Å². The minimum absolute atomic E-state index is 0.530. The molecule has 0 spiro atoms. The molecule has 0 radical (unpaired) electrons. The van der Waals surface area contributed by atoms with Crippen LogP contribution >= 0.6 is 8.53 Å². The van der Waals surface area contributed by atoms with Crippen LogP contribution in [0.2, 0.25) is 0 Å². The molecule has 2 atom stereocenters. The quantitative estimate of drug-likeness (QED) is 0.231. The van der Waals surface area contributed by atoms with Crippen LogP contribution in [0.1, 0.15) is 48.9 Å². The zero-order chi connectivity index (χ0) is 27.9. The summed E-state index contributed by atoms with van der Waals surface area (Å²) in [6.45, 7) is 5.83. The maximum atomic E-state index is 7.52. The van der Waals surface area contributed by atoms with E-state index in [4.69, 9.17) is 18.5 Å². The van der Waals surface area contributed by atoms with E-state index in [1.54, 1.807) is 0 Å². The van der Waals surface area contributed by atoms with E-state index in [2.05, 4.69) is 102 Å². The fourth-order valence-corrected chi connectivity index (χ4v) is 8.65. The van der Waals surface area contributed by atoms with Crippen molar-refractivity contribution < 1.29 is 18.5 Å². The second-order valence-electron chi connectivity index (χ2n) is 11.5. The second kappa shape index (κ2) is 10.7. The van der Waals surface area contributed by atoms with Crippen LogP contribution < -0.4 is 0 Å². The van der Waals surface area contributed by atoms with Gasteiger partial charge in [-0.3, -0.25) is 0 Å². The average molecular weight is 566 g/mol. The average Bonchev–Trinajstić information content (AvgIpc) is 3.65. The van der Waals surface area contributed by atoms with Gasteiger partial charge in [0, 0.05) is 13.1 Å². The highest BCUT2D eigenvalue weighted by Crippen LogP contribution is 2.66. The Balaban J connectivity index is 1.56. The molecule has 3 aliphatic rings. The van der Waals surface area contributed by atoms with Crippen LogP contribution in [0.4, 0.5) is 0 Å². The van der Waals surface area contributed by atoms with Crippen LogP contribution in [0.5, 0.6) is 0 Å². The highest BCUT2D eigenvalue weighted by atomic mass is 31.2. The largest absolute Gasteiger partial charge is 0.341 e. The molecule has 0 saturated carbocycles. The summed E-state index contributed by atoms with van der Waals surface area (Å²) in [6.07, 6.45) is 1.17. The third kappa shape index (κ3) is 4.56. The Hall–Kier alpha value is -2.89. The highest BCUT2D eigenvalue weighted by Gasteiger charge is 2.67. The van der Waals surface area contributed by atoms with Crippen LogP contribution in [0.15, 0.2) is 121 Å². The molecule has 3 fully saturated rings. The van der Waals surface area contributed by atoms with Gasteiger partial charge in [0.25, 0.3) is 8.53 Å². The van der Waals surface area contributed by atoms with Gasteiger partial charge in [-0.25, -0.2) is 4.67 Å². The van der Waals surface area contributed by atoms with Gasteiger partial charge >= 0.3 is 0 Å². The molecule has 3 saturated heterocycles. The van der Waals surface area contributed by atoms with Crippen molar-refractivity contribution >= 4 is 8.53 Å². The Kier molecular flexibility index (Phi) is 7.07. The summed E-state index contributed by atoms with van der Waals surface area (Å²) in [6, 6.07) is 42.0. The zero-order valence-electron chi connectivity index (χ0n) is 23.6. The lowest BCUT2D eigenvalue weighted by Gasteiger charge is -2.41. The molecule has 4 aromatic rings. The third-order valence-electron chi connectivity index (χ3n) is 8.47. The van der Waals surface area contributed by atoms with Crippen LogP contribution in [-0.4, -0.2) is 35.8 Å². The van der Waals surface area contributed by atoms with Crippen molar-refractivity contribution in [2.24, 2.45) is 0 Å². The number of nitrogens with zero attached hydrogens (tertiary/aromatic N) is 1. The maximum absolute atomic E-state index is 7.52. The Bertz CT molecular complexity index is 1260.